The third-order valence-corrected chi connectivity index (χ3v) is 4.77. The molecule has 2 atom stereocenters. The van der Waals surface area contributed by atoms with E-state index in [9.17, 15) is 9.59 Å². The number of benzene rings is 1. The normalized spacial score (nSPS) is 24.1. The predicted molar refractivity (Wildman–Crippen MR) is 79.3 cm³/mol. The first kappa shape index (κ1) is 14.1. The number of carbonyl (C=O) groups excluding carboxylic acids is 1. The maximum Gasteiger partial charge on any atom is 0.335 e. The van der Waals surface area contributed by atoms with Crippen molar-refractivity contribution in [1.82, 2.24) is 0 Å². The quantitative estimate of drug-likeness (QED) is 0.885. The van der Waals surface area contributed by atoms with Gasteiger partial charge in [0.15, 0.2) is 0 Å². The fourth-order valence-corrected chi connectivity index (χ4v) is 3.61. The van der Waals surface area contributed by atoms with Gasteiger partial charge in [0, 0.05) is 18.2 Å². The van der Waals surface area contributed by atoms with Crippen LogP contribution in [0.25, 0.3) is 0 Å². The highest BCUT2D eigenvalue weighted by atomic mass is 16.4. The van der Waals surface area contributed by atoms with E-state index in [4.69, 9.17) is 10.8 Å². The molecule has 1 amide bonds. The second-order valence-electron chi connectivity index (χ2n) is 5.92. The van der Waals surface area contributed by atoms with Gasteiger partial charge in [-0.15, -0.1) is 0 Å². The summed E-state index contributed by atoms with van der Waals surface area (Å²) in [5.41, 5.74) is 7.87. The van der Waals surface area contributed by atoms with Crippen LogP contribution in [0.2, 0.25) is 0 Å². The van der Waals surface area contributed by atoms with Crippen LogP contribution in [0.5, 0.6) is 0 Å². The maximum absolute atomic E-state index is 12.8. The molecular formula is C16H20N2O3. The number of hydrogen-bond donors (Lipinski definition) is 2. The maximum atomic E-state index is 12.8. The first-order valence-electron chi connectivity index (χ1n) is 7.49. The summed E-state index contributed by atoms with van der Waals surface area (Å²) < 4.78 is 0. The summed E-state index contributed by atoms with van der Waals surface area (Å²) in [6.45, 7) is 1.21. The first-order chi connectivity index (χ1) is 10.1. The average Bonchev–Trinajstić information content (AvgIpc) is 3.12. The Morgan fingerprint density at radius 1 is 1.33 bits per heavy atom. The number of aromatic carboxylic acids is 1. The zero-order valence-corrected chi connectivity index (χ0v) is 11.9. The van der Waals surface area contributed by atoms with Crippen LogP contribution < -0.4 is 10.6 Å². The van der Waals surface area contributed by atoms with Crippen LogP contribution in [0.1, 0.15) is 35.2 Å². The zero-order valence-electron chi connectivity index (χ0n) is 11.9. The van der Waals surface area contributed by atoms with Gasteiger partial charge in [-0.1, -0.05) is 6.42 Å². The van der Waals surface area contributed by atoms with Crippen LogP contribution in [0.4, 0.5) is 5.69 Å². The van der Waals surface area contributed by atoms with Gasteiger partial charge < -0.3 is 15.7 Å². The monoisotopic (exact) mass is 288 g/mol. The molecule has 1 fully saturated rings. The van der Waals surface area contributed by atoms with Gasteiger partial charge in [0.25, 0.3) is 0 Å². The largest absolute Gasteiger partial charge is 0.478 e. The molecule has 1 saturated carbocycles. The third kappa shape index (κ3) is 2.42. The lowest BCUT2D eigenvalue weighted by atomic mass is 9.94. The molecule has 3 rings (SSSR count). The number of nitrogens with zero attached hydrogens (tertiary/aromatic N) is 1. The Bertz CT molecular complexity index is 585. The average molecular weight is 288 g/mol. The minimum absolute atomic E-state index is 0.0279. The Hall–Kier alpha value is -1.88. The predicted octanol–water partition coefficient (Wildman–Crippen LogP) is 1.65. The summed E-state index contributed by atoms with van der Waals surface area (Å²) in [4.78, 5) is 25.6. The number of fused-ring (bicyclic) bond motifs is 1. The van der Waals surface area contributed by atoms with E-state index in [2.05, 4.69) is 0 Å². The van der Waals surface area contributed by atoms with Crippen LogP contribution >= 0.6 is 0 Å². The van der Waals surface area contributed by atoms with Crippen molar-refractivity contribution >= 4 is 17.6 Å². The lowest BCUT2D eigenvalue weighted by Gasteiger charge is -2.24. The topological polar surface area (TPSA) is 83.6 Å². The number of amides is 1. The second-order valence-corrected chi connectivity index (χ2v) is 5.92. The van der Waals surface area contributed by atoms with E-state index in [1.54, 1.807) is 18.2 Å². The number of carboxylic acid groups (broad SMARTS) is 1. The Kier molecular flexibility index (Phi) is 3.68. The highest BCUT2D eigenvalue weighted by Crippen LogP contribution is 2.36. The Morgan fingerprint density at radius 3 is 2.86 bits per heavy atom. The summed E-state index contributed by atoms with van der Waals surface area (Å²) in [6.07, 6.45) is 3.74. The van der Waals surface area contributed by atoms with Crippen molar-refractivity contribution in [2.45, 2.75) is 25.7 Å². The van der Waals surface area contributed by atoms with Crippen molar-refractivity contribution in [3.05, 3.63) is 29.3 Å². The molecule has 2 aliphatic rings. The molecule has 1 aliphatic heterocycles. The van der Waals surface area contributed by atoms with Crippen LogP contribution in [0.3, 0.4) is 0 Å². The number of anilines is 1. The molecule has 1 aliphatic carbocycles. The van der Waals surface area contributed by atoms with E-state index in [0.717, 1.165) is 36.9 Å². The van der Waals surface area contributed by atoms with Crippen LogP contribution in [-0.2, 0) is 11.2 Å². The van der Waals surface area contributed by atoms with E-state index in [1.165, 1.54) is 0 Å². The lowest BCUT2D eigenvalue weighted by Crippen LogP contribution is -2.38. The first-order valence-corrected chi connectivity index (χ1v) is 7.49. The van der Waals surface area contributed by atoms with Gasteiger partial charge in [-0.25, -0.2) is 4.79 Å². The highest BCUT2D eigenvalue weighted by Gasteiger charge is 2.37. The fourth-order valence-electron chi connectivity index (χ4n) is 3.61. The molecule has 5 heteroatoms. The summed E-state index contributed by atoms with van der Waals surface area (Å²) in [7, 11) is 0. The summed E-state index contributed by atoms with van der Waals surface area (Å²) >= 11 is 0. The van der Waals surface area contributed by atoms with Gasteiger partial charge in [-0.3, -0.25) is 4.79 Å². The van der Waals surface area contributed by atoms with E-state index in [0.29, 0.717) is 19.0 Å². The molecule has 0 saturated heterocycles. The smallest absolute Gasteiger partial charge is 0.335 e. The van der Waals surface area contributed by atoms with E-state index < -0.39 is 5.97 Å². The second kappa shape index (κ2) is 5.48. The number of carbonyl (C=O) groups is 2. The molecule has 0 radical (unpaired) electrons. The molecule has 0 bridgehead atoms. The minimum atomic E-state index is -0.929. The molecule has 1 aromatic rings. The molecular weight excluding hydrogens is 268 g/mol. The SMILES string of the molecule is NCC1CCCC1C(=O)N1CCc2cc(C(=O)O)ccc21. The molecule has 21 heavy (non-hydrogen) atoms. The highest BCUT2D eigenvalue weighted by molar-refractivity contribution is 5.98. The molecule has 0 aromatic heterocycles. The molecule has 2 unspecified atom stereocenters. The standard InChI is InChI=1S/C16H20N2O3/c17-9-12-2-1-3-13(12)15(19)18-7-6-10-8-11(16(20)21)4-5-14(10)18/h4-5,8,12-13H,1-3,6-7,9,17H2,(H,20,21). The molecule has 5 nitrogen and oxygen atoms in total. The fraction of sp³-hybridized carbons (Fsp3) is 0.500. The van der Waals surface area contributed by atoms with Gasteiger partial charge in [0.2, 0.25) is 5.91 Å². The molecule has 1 aromatic carbocycles. The number of hydrogen-bond acceptors (Lipinski definition) is 3. The third-order valence-electron chi connectivity index (χ3n) is 4.77. The van der Waals surface area contributed by atoms with Crippen molar-refractivity contribution in [2.75, 3.05) is 18.0 Å². The van der Waals surface area contributed by atoms with Gasteiger partial charge in [0.1, 0.15) is 0 Å². The van der Waals surface area contributed by atoms with Gasteiger partial charge in [-0.2, -0.15) is 0 Å². The van der Waals surface area contributed by atoms with Crippen molar-refractivity contribution in [3.63, 3.8) is 0 Å². The molecule has 3 N–H and O–H groups in total. The van der Waals surface area contributed by atoms with Gasteiger partial charge >= 0.3 is 5.97 Å². The van der Waals surface area contributed by atoms with Crippen molar-refractivity contribution in [2.24, 2.45) is 17.6 Å². The summed E-state index contributed by atoms with van der Waals surface area (Å²) in [6, 6.07) is 5.01. The van der Waals surface area contributed by atoms with Crippen molar-refractivity contribution in [1.29, 1.82) is 0 Å². The Labute approximate surface area is 123 Å². The number of carboxylic acids is 1. The number of nitrogens with two attached hydrogens (primary N) is 1. The van der Waals surface area contributed by atoms with Crippen molar-refractivity contribution < 1.29 is 14.7 Å². The Morgan fingerprint density at radius 2 is 2.14 bits per heavy atom. The molecule has 0 spiro atoms. The lowest BCUT2D eigenvalue weighted by molar-refractivity contribution is -0.123. The Balaban J connectivity index is 1.84. The van der Waals surface area contributed by atoms with Gasteiger partial charge in [0.05, 0.1) is 5.56 Å². The van der Waals surface area contributed by atoms with Crippen molar-refractivity contribution in [3.8, 4) is 0 Å². The minimum Gasteiger partial charge on any atom is -0.478 e. The number of rotatable bonds is 3. The zero-order chi connectivity index (χ0) is 15.0. The van der Waals surface area contributed by atoms with E-state index in [1.807, 2.05) is 4.90 Å². The van der Waals surface area contributed by atoms with E-state index in [-0.39, 0.29) is 17.4 Å². The summed E-state index contributed by atoms with van der Waals surface area (Å²) in [5, 5.41) is 9.04. The van der Waals surface area contributed by atoms with Crippen LogP contribution in [0.15, 0.2) is 18.2 Å². The summed E-state index contributed by atoms with van der Waals surface area (Å²) in [5.74, 6) is -0.453. The van der Waals surface area contributed by atoms with Gasteiger partial charge in [-0.05, 0) is 55.5 Å². The van der Waals surface area contributed by atoms with Crippen LogP contribution in [-0.4, -0.2) is 30.1 Å². The van der Waals surface area contributed by atoms with Crippen LogP contribution in [0, 0.1) is 11.8 Å². The molecule has 112 valence electrons. The molecule has 1 heterocycles. The van der Waals surface area contributed by atoms with E-state index >= 15 is 0 Å².